The lowest BCUT2D eigenvalue weighted by molar-refractivity contribution is 0.121. The second kappa shape index (κ2) is 6.13. The Bertz CT molecular complexity index is 925. The normalized spacial score (nSPS) is 15.0. The van der Waals surface area contributed by atoms with Gasteiger partial charge in [-0.05, 0) is 35.7 Å². The first kappa shape index (κ1) is 15.0. The molecule has 1 aliphatic rings. The first-order valence-corrected chi connectivity index (χ1v) is 8.19. The average molecular weight is 321 g/mol. The lowest BCUT2D eigenvalue weighted by Crippen LogP contribution is -2.36. The molecular weight excluding hydrogens is 302 g/mol. The molecule has 0 spiro atoms. The number of rotatable bonds is 2. The zero-order valence-electron chi connectivity index (χ0n) is 13.6. The molecule has 1 aromatic heterocycles. The fourth-order valence-electron chi connectivity index (χ4n) is 3.15. The third-order valence-electron chi connectivity index (χ3n) is 4.43. The summed E-state index contributed by atoms with van der Waals surface area (Å²) in [6.07, 6.45) is 0. The number of hydrogen-bond acceptors (Lipinski definition) is 4. The zero-order valence-corrected chi connectivity index (χ0v) is 13.6. The predicted octanol–water partition coefficient (Wildman–Crippen LogP) is 3.61. The van der Waals surface area contributed by atoms with Gasteiger partial charge < -0.3 is 14.1 Å². The number of ether oxygens (including phenoxy) is 1. The second-order valence-corrected chi connectivity index (χ2v) is 6.08. The number of morpholine rings is 1. The van der Waals surface area contributed by atoms with E-state index in [0.29, 0.717) is 30.1 Å². The molecule has 4 heteroatoms. The van der Waals surface area contributed by atoms with Crippen molar-refractivity contribution >= 4 is 16.9 Å². The number of hydrogen-bond donors (Lipinski definition) is 0. The van der Waals surface area contributed by atoms with Crippen LogP contribution in [0.4, 0.5) is 5.88 Å². The number of nitrogens with zero attached hydrogens (tertiary/aromatic N) is 1. The van der Waals surface area contributed by atoms with Crippen LogP contribution in [-0.4, -0.2) is 26.3 Å². The maximum Gasteiger partial charge on any atom is 0.200 e. The predicted molar refractivity (Wildman–Crippen MR) is 95.7 cm³/mol. The summed E-state index contributed by atoms with van der Waals surface area (Å²) in [7, 11) is 0. The topological polar surface area (TPSA) is 42.7 Å². The van der Waals surface area contributed by atoms with Gasteiger partial charge in [-0.3, -0.25) is 4.79 Å². The molecule has 0 radical (unpaired) electrons. The Hall–Kier alpha value is -2.59. The van der Waals surface area contributed by atoms with E-state index in [1.54, 1.807) is 6.07 Å². The number of fused-ring (bicyclic) bond motifs is 1. The van der Waals surface area contributed by atoms with Gasteiger partial charge in [0.15, 0.2) is 11.3 Å². The quantitative estimate of drug-likeness (QED) is 0.723. The van der Waals surface area contributed by atoms with Crippen LogP contribution >= 0.6 is 0 Å². The highest BCUT2D eigenvalue weighted by molar-refractivity contribution is 5.86. The summed E-state index contributed by atoms with van der Waals surface area (Å²) in [5.41, 5.74) is 3.77. The summed E-state index contributed by atoms with van der Waals surface area (Å²) < 4.78 is 11.4. The van der Waals surface area contributed by atoms with Crippen LogP contribution in [0.15, 0.2) is 57.7 Å². The van der Waals surface area contributed by atoms with Gasteiger partial charge in [0.2, 0.25) is 0 Å². The standard InChI is InChI=1S/C20H19NO3/c1-14-11-16(15-5-3-2-4-6-15)12-17-18(22)13-19(24-20(14)17)21-7-9-23-10-8-21/h2-6,11-13H,7-10H2,1H3. The lowest BCUT2D eigenvalue weighted by Gasteiger charge is -2.27. The summed E-state index contributed by atoms with van der Waals surface area (Å²) in [4.78, 5) is 14.7. The van der Waals surface area contributed by atoms with Crippen LogP contribution in [-0.2, 0) is 4.74 Å². The van der Waals surface area contributed by atoms with E-state index < -0.39 is 0 Å². The Morgan fingerprint density at radius 2 is 1.71 bits per heavy atom. The van der Waals surface area contributed by atoms with Gasteiger partial charge >= 0.3 is 0 Å². The van der Waals surface area contributed by atoms with Crippen LogP contribution < -0.4 is 10.3 Å². The van der Waals surface area contributed by atoms with Crippen LogP contribution in [0.25, 0.3) is 22.1 Å². The van der Waals surface area contributed by atoms with E-state index >= 15 is 0 Å². The van der Waals surface area contributed by atoms with Crippen LogP contribution in [0.2, 0.25) is 0 Å². The molecule has 24 heavy (non-hydrogen) atoms. The molecule has 1 fully saturated rings. The van der Waals surface area contributed by atoms with Crippen LogP contribution in [0.1, 0.15) is 5.56 Å². The Labute approximate surface area is 140 Å². The van der Waals surface area contributed by atoms with E-state index in [9.17, 15) is 4.79 Å². The molecule has 0 atom stereocenters. The number of aryl methyl sites for hydroxylation is 1. The molecule has 4 nitrogen and oxygen atoms in total. The second-order valence-electron chi connectivity index (χ2n) is 6.08. The maximum absolute atomic E-state index is 12.7. The SMILES string of the molecule is Cc1cc(-c2ccccc2)cc2c(=O)cc(N3CCOCC3)oc12. The van der Waals surface area contributed by atoms with E-state index in [0.717, 1.165) is 29.8 Å². The molecule has 0 saturated carbocycles. The molecule has 0 bridgehead atoms. The molecular formula is C20H19NO3. The highest BCUT2D eigenvalue weighted by Gasteiger charge is 2.16. The van der Waals surface area contributed by atoms with Crippen molar-refractivity contribution in [2.45, 2.75) is 6.92 Å². The minimum Gasteiger partial charge on any atom is -0.440 e. The van der Waals surface area contributed by atoms with Crippen molar-refractivity contribution in [3.05, 3.63) is 64.3 Å². The number of benzene rings is 2. The van der Waals surface area contributed by atoms with E-state index in [1.165, 1.54) is 0 Å². The smallest absolute Gasteiger partial charge is 0.200 e. The minimum absolute atomic E-state index is 0.00128. The molecule has 2 aromatic carbocycles. The van der Waals surface area contributed by atoms with E-state index in [2.05, 4.69) is 11.0 Å². The summed E-state index contributed by atoms with van der Waals surface area (Å²) in [6.45, 7) is 4.80. The largest absolute Gasteiger partial charge is 0.440 e. The summed E-state index contributed by atoms with van der Waals surface area (Å²) in [5.74, 6) is 0.631. The fraction of sp³-hybridized carbons (Fsp3) is 0.250. The number of anilines is 1. The van der Waals surface area contributed by atoms with Crippen molar-refractivity contribution in [2.75, 3.05) is 31.2 Å². The van der Waals surface area contributed by atoms with Gasteiger partial charge in [0.1, 0.15) is 5.58 Å². The van der Waals surface area contributed by atoms with Crippen LogP contribution in [0.5, 0.6) is 0 Å². The van der Waals surface area contributed by atoms with Gasteiger partial charge in [0.05, 0.1) is 18.6 Å². The molecule has 3 aromatic rings. The molecule has 1 saturated heterocycles. The van der Waals surface area contributed by atoms with Gasteiger partial charge in [-0.1, -0.05) is 30.3 Å². The summed E-state index contributed by atoms with van der Waals surface area (Å²) in [5, 5.41) is 0.630. The van der Waals surface area contributed by atoms with Crippen molar-refractivity contribution in [2.24, 2.45) is 0 Å². The molecule has 0 N–H and O–H groups in total. The average Bonchev–Trinajstić information content (AvgIpc) is 2.63. The van der Waals surface area contributed by atoms with Gasteiger partial charge in [0.25, 0.3) is 0 Å². The highest BCUT2D eigenvalue weighted by atomic mass is 16.5. The van der Waals surface area contributed by atoms with Crippen molar-refractivity contribution in [3.8, 4) is 11.1 Å². The van der Waals surface area contributed by atoms with E-state index in [1.807, 2.05) is 43.3 Å². The van der Waals surface area contributed by atoms with Crippen molar-refractivity contribution in [1.29, 1.82) is 0 Å². The van der Waals surface area contributed by atoms with Gasteiger partial charge in [-0.2, -0.15) is 0 Å². The van der Waals surface area contributed by atoms with Gasteiger partial charge in [0, 0.05) is 19.2 Å². The molecule has 122 valence electrons. The van der Waals surface area contributed by atoms with Crippen molar-refractivity contribution in [3.63, 3.8) is 0 Å². The van der Waals surface area contributed by atoms with Crippen LogP contribution in [0, 0.1) is 6.92 Å². The molecule has 2 heterocycles. The lowest BCUT2D eigenvalue weighted by atomic mass is 10.0. The maximum atomic E-state index is 12.7. The zero-order chi connectivity index (χ0) is 16.5. The van der Waals surface area contributed by atoms with E-state index in [4.69, 9.17) is 9.15 Å². The monoisotopic (exact) mass is 321 g/mol. The van der Waals surface area contributed by atoms with Gasteiger partial charge in [-0.15, -0.1) is 0 Å². The molecule has 1 aliphatic heterocycles. The molecule has 0 aliphatic carbocycles. The Balaban J connectivity index is 1.84. The molecule has 0 unspecified atom stereocenters. The Morgan fingerprint density at radius 3 is 2.46 bits per heavy atom. The van der Waals surface area contributed by atoms with Crippen LogP contribution in [0.3, 0.4) is 0 Å². The van der Waals surface area contributed by atoms with E-state index in [-0.39, 0.29) is 5.43 Å². The Morgan fingerprint density at radius 1 is 0.958 bits per heavy atom. The Kier molecular flexibility index (Phi) is 3.82. The third kappa shape index (κ3) is 2.69. The highest BCUT2D eigenvalue weighted by Crippen LogP contribution is 2.28. The summed E-state index contributed by atoms with van der Waals surface area (Å²) >= 11 is 0. The molecule has 4 rings (SSSR count). The van der Waals surface area contributed by atoms with Gasteiger partial charge in [-0.25, -0.2) is 0 Å². The van der Waals surface area contributed by atoms with Crippen molar-refractivity contribution in [1.82, 2.24) is 0 Å². The first-order chi connectivity index (χ1) is 11.7. The van der Waals surface area contributed by atoms with Crippen molar-refractivity contribution < 1.29 is 9.15 Å². The third-order valence-corrected chi connectivity index (χ3v) is 4.43. The minimum atomic E-state index is -0.00128. The molecule has 0 amide bonds. The first-order valence-electron chi connectivity index (χ1n) is 8.19. The summed E-state index contributed by atoms with van der Waals surface area (Å²) in [6, 6.07) is 15.7. The fourth-order valence-corrected chi connectivity index (χ4v) is 3.15.